The maximum absolute atomic E-state index is 11.2. The van der Waals surface area contributed by atoms with Crippen LogP contribution in [0.25, 0.3) is 0 Å². The molecule has 0 saturated heterocycles. The maximum atomic E-state index is 11.2. The molecule has 0 aliphatic rings. The molecule has 3 nitrogen and oxygen atoms in total. The van der Waals surface area contributed by atoms with Gasteiger partial charge in [-0.1, -0.05) is 13.3 Å². The molecule has 0 aliphatic carbocycles. The Bertz CT molecular complexity index is 192. The molecule has 0 aromatic rings. The first-order valence-electron chi connectivity index (χ1n) is 4.63. The fourth-order valence-corrected chi connectivity index (χ4v) is 0.942. The molecule has 0 fully saturated rings. The summed E-state index contributed by atoms with van der Waals surface area (Å²) in [7, 11) is 0. The lowest BCUT2D eigenvalue weighted by Gasteiger charge is -2.19. The normalized spacial score (nSPS) is 11.1. The number of nitrogens with one attached hydrogen (secondary N) is 1. The lowest BCUT2D eigenvalue weighted by molar-refractivity contribution is -0.153. The second-order valence-electron chi connectivity index (χ2n) is 4.12. The van der Waals surface area contributed by atoms with Gasteiger partial charge in [0.25, 0.3) is 0 Å². The molecule has 13 heavy (non-hydrogen) atoms. The zero-order valence-electron chi connectivity index (χ0n) is 8.94. The minimum Gasteiger partial charge on any atom is -0.460 e. The van der Waals surface area contributed by atoms with Crippen molar-refractivity contribution in [3.63, 3.8) is 0 Å². The van der Waals surface area contributed by atoms with E-state index >= 15 is 0 Å². The molecule has 0 rings (SSSR count). The fraction of sp³-hybridized carbons (Fsp3) is 0.800. The average molecular weight is 185 g/mol. The molecule has 0 spiro atoms. The van der Waals surface area contributed by atoms with Crippen molar-refractivity contribution in [3.05, 3.63) is 0 Å². The minimum absolute atomic E-state index is 0.130. The van der Waals surface area contributed by atoms with Gasteiger partial charge in [-0.05, 0) is 27.2 Å². The molecule has 0 aromatic carbocycles. The van der Waals surface area contributed by atoms with E-state index in [1.807, 2.05) is 27.7 Å². The van der Waals surface area contributed by atoms with Crippen molar-refractivity contribution in [1.82, 2.24) is 0 Å². The Morgan fingerprint density at radius 2 is 1.92 bits per heavy atom. The molecule has 0 bridgehead atoms. The van der Waals surface area contributed by atoms with Crippen LogP contribution in [0.2, 0.25) is 0 Å². The smallest absolute Gasteiger partial charge is 0.312 e. The number of esters is 1. The van der Waals surface area contributed by atoms with Crippen molar-refractivity contribution < 1.29 is 9.53 Å². The first-order chi connectivity index (χ1) is 5.85. The van der Waals surface area contributed by atoms with E-state index in [9.17, 15) is 4.79 Å². The van der Waals surface area contributed by atoms with Gasteiger partial charge in [-0.2, -0.15) is 0 Å². The molecule has 0 heterocycles. The van der Waals surface area contributed by atoms with Gasteiger partial charge in [-0.25, -0.2) is 0 Å². The summed E-state index contributed by atoms with van der Waals surface area (Å²) in [6, 6.07) is 0. The third-order valence-electron chi connectivity index (χ3n) is 1.33. The number of hydrogen-bond acceptors (Lipinski definition) is 3. The van der Waals surface area contributed by atoms with Crippen molar-refractivity contribution in [2.45, 2.75) is 52.6 Å². The van der Waals surface area contributed by atoms with Crippen LogP contribution >= 0.6 is 0 Å². The molecular weight excluding hydrogens is 166 g/mol. The molecule has 0 unspecified atom stereocenters. The van der Waals surface area contributed by atoms with Crippen LogP contribution in [0.4, 0.5) is 0 Å². The van der Waals surface area contributed by atoms with Crippen LogP contribution in [0.3, 0.4) is 0 Å². The summed E-state index contributed by atoms with van der Waals surface area (Å²) in [5.74, 6) is -0.300. The standard InChI is InChI=1S/C10H19NO2/c1-5-6-8(11)7-9(12)13-10(2,3)4/h11H,5-7H2,1-4H3. The third-order valence-corrected chi connectivity index (χ3v) is 1.33. The van der Waals surface area contributed by atoms with E-state index in [4.69, 9.17) is 10.1 Å². The van der Waals surface area contributed by atoms with Gasteiger partial charge < -0.3 is 10.1 Å². The van der Waals surface area contributed by atoms with Crippen molar-refractivity contribution >= 4 is 11.7 Å². The Kier molecular flexibility index (Phi) is 4.67. The van der Waals surface area contributed by atoms with Gasteiger partial charge >= 0.3 is 5.97 Å². The van der Waals surface area contributed by atoms with Crippen molar-refractivity contribution in [3.8, 4) is 0 Å². The summed E-state index contributed by atoms with van der Waals surface area (Å²) < 4.78 is 5.07. The molecule has 0 amide bonds. The van der Waals surface area contributed by atoms with Crippen LogP contribution in [-0.4, -0.2) is 17.3 Å². The fourth-order valence-electron chi connectivity index (χ4n) is 0.942. The molecule has 0 atom stereocenters. The molecule has 0 radical (unpaired) electrons. The molecule has 3 heteroatoms. The molecular formula is C10H19NO2. The van der Waals surface area contributed by atoms with Gasteiger partial charge in [-0.3, -0.25) is 4.79 Å². The Hall–Kier alpha value is -0.860. The molecule has 1 N–H and O–H groups in total. The van der Waals surface area contributed by atoms with E-state index in [0.29, 0.717) is 12.1 Å². The second kappa shape index (κ2) is 5.00. The zero-order chi connectivity index (χ0) is 10.5. The minimum atomic E-state index is -0.441. The Balaban J connectivity index is 3.82. The summed E-state index contributed by atoms with van der Waals surface area (Å²) in [6.07, 6.45) is 1.71. The predicted octanol–water partition coefficient (Wildman–Crippen LogP) is 2.54. The second-order valence-corrected chi connectivity index (χ2v) is 4.12. The molecule has 0 aromatic heterocycles. The average Bonchev–Trinajstić information content (AvgIpc) is 1.81. The molecule has 0 saturated carbocycles. The predicted molar refractivity (Wildman–Crippen MR) is 53.1 cm³/mol. The third kappa shape index (κ3) is 7.50. The number of ether oxygens (including phenoxy) is 1. The summed E-state index contributed by atoms with van der Waals surface area (Å²) in [5.41, 5.74) is 0.0144. The van der Waals surface area contributed by atoms with Crippen LogP contribution in [0.5, 0.6) is 0 Å². The van der Waals surface area contributed by atoms with Gasteiger partial charge in [-0.15, -0.1) is 0 Å². The van der Waals surface area contributed by atoms with E-state index in [1.54, 1.807) is 0 Å². The molecule has 0 aliphatic heterocycles. The molecule has 76 valence electrons. The number of rotatable bonds is 4. The van der Waals surface area contributed by atoms with Gasteiger partial charge in [0.15, 0.2) is 0 Å². The quantitative estimate of drug-likeness (QED) is 0.540. The Morgan fingerprint density at radius 3 is 2.31 bits per heavy atom. The van der Waals surface area contributed by atoms with Gasteiger partial charge in [0.1, 0.15) is 5.60 Å². The maximum Gasteiger partial charge on any atom is 0.312 e. The number of hydrogen-bond donors (Lipinski definition) is 1. The SMILES string of the molecule is CCCC(=N)CC(=O)OC(C)(C)C. The monoisotopic (exact) mass is 185 g/mol. The van der Waals surface area contributed by atoms with Crippen molar-refractivity contribution in [1.29, 1.82) is 5.41 Å². The van der Waals surface area contributed by atoms with Crippen molar-refractivity contribution in [2.75, 3.05) is 0 Å². The highest BCUT2D eigenvalue weighted by Gasteiger charge is 2.16. The highest BCUT2D eigenvalue weighted by atomic mass is 16.6. The van der Waals surface area contributed by atoms with E-state index in [1.165, 1.54) is 0 Å². The number of carbonyl (C=O) groups is 1. The van der Waals surface area contributed by atoms with E-state index in [0.717, 1.165) is 6.42 Å². The number of carbonyl (C=O) groups excluding carboxylic acids is 1. The summed E-state index contributed by atoms with van der Waals surface area (Å²) in [4.78, 5) is 11.2. The van der Waals surface area contributed by atoms with Gasteiger partial charge in [0, 0.05) is 5.71 Å². The van der Waals surface area contributed by atoms with Crippen LogP contribution in [0.15, 0.2) is 0 Å². The van der Waals surface area contributed by atoms with Crippen LogP contribution in [-0.2, 0) is 9.53 Å². The van der Waals surface area contributed by atoms with E-state index < -0.39 is 5.60 Å². The summed E-state index contributed by atoms with van der Waals surface area (Å²) >= 11 is 0. The largest absolute Gasteiger partial charge is 0.460 e. The van der Waals surface area contributed by atoms with Crippen LogP contribution in [0.1, 0.15) is 47.0 Å². The zero-order valence-corrected chi connectivity index (χ0v) is 8.94. The van der Waals surface area contributed by atoms with Crippen molar-refractivity contribution in [2.24, 2.45) is 0 Å². The summed E-state index contributed by atoms with van der Waals surface area (Å²) in [5, 5.41) is 7.43. The Morgan fingerprint density at radius 1 is 1.38 bits per heavy atom. The van der Waals surface area contributed by atoms with Crippen LogP contribution < -0.4 is 0 Å². The lowest BCUT2D eigenvalue weighted by Crippen LogP contribution is -2.25. The van der Waals surface area contributed by atoms with E-state index in [2.05, 4.69) is 0 Å². The topological polar surface area (TPSA) is 50.2 Å². The first kappa shape index (κ1) is 12.1. The van der Waals surface area contributed by atoms with Gasteiger partial charge in [0.05, 0.1) is 6.42 Å². The highest BCUT2D eigenvalue weighted by Crippen LogP contribution is 2.09. The summed E-state index contributed by atoms with van der Waals surface area (Å²) in [6.45, 7) is 7.47. The van der Waals surface area contributed by atoms with E-state index in [-0.39, 0.29) is 12.4 Å². The van der Waals surface area contributed by atoms with Crippen LogP contribution in [0, 0.1) is 5.41 Å². The Labute approximate surface area is 80.0 Å². The lowest BCUT2D eigenvalue weighted by atomic mass is 10.1. The first-order valence-corrected chi connectivity index (χ1v) is 4.63. The van der Waals surface area contributed by atoms with Gasteiger partial charge in [0.2, 0.25) is 0 Å². The highest BCUT2D eigenvalue weighted by molar-refractivity contribution is 5.97.